The van der Waals surface area contributed by atoms with Gasteiger partial charge in [0.25, 0.3) is 0 Å². The fraction of sp³-hybridized carbons (Fsp3) is 0.0625. The van der Waals surface area contributed by atoms with Crippen molar-refractivity contribution in [2.45, 2.75) is 0 Å². The summed E-state index contributed by atoms with van der Waals surface area (Å²) in [7, 11) is 0. The van der Waals surface area contributed by atoms with E-state index < -0.39 is 5.82 Å². The molecule has 1 amide bonds. The number of hydrogen-bond acceptors (Lipinski definition) is 3. The van der Waals surface area contributed by atoms with Crippen molar-refractivity contribution in [2.75, 3.05) is 12.1 Å². The summed E-state index contributed by atoms with van der Waals surface area (Å²) < 4.78 is 23.5. The number of anilines is 1. The first-order valence-corrected chi connectivity index (χ1v) is 6.35. The molecule has 1 N–H and O–H groups in total. The lowest BCUT2D eigenvalue weighted by Gasteiger charge is -2.02. The fourth-order valence-electron chi connectivity index (χ4n) is 1.94. The highest BCUT2D eigenvalue weighted by Gasteiger charge is 2.12. The van der Waals surface area contributed by atoms with Crippen molar-refractivity contribution >= 4 is 17.7 Å². The maximum absolute atomic E-state index is 13.0. The minimum absolute atomic E-state index is 0.211. The minimum atomic E-state index is -0.396. The topological polar surface area (TPSA) is 47.6 Å². The second-order valence-corrected chi connectivity index (χ2v) is 4.45. The van der Waals surface area contributed by atoms with E-state index in [-0.39, 0.29) is 12.7 Å². The van der Waals surface area contributed by atoms with Crippen LogP contribution in [0.4, 0.5) is 10.1 Å². The molecular weight excluding hydrogens is 273 g/mol. The lowest BCUT2D eigenvalue weighted by atomic mass is 10.2. The summed E-state index contributed by atoms with van der Waals surface area (Å²) in [6.45, 7) is 0.211. The lowest BCUT2D eigenvalue weighted by Crippen LogP contribution is -2.07. The van der Waals surface area contributed by atoms with Crippen LogP contribution < -0.4 is 14.8 Å². The molecule has 21 heavy (non-hydrogen) atoms. The van der Waals surface area contributed by atoms with Gasteiger partial charge in [0, 0.05) is 11.8 Å². The van der Waals surface area contributed by atoms with Crippen LogP contribution in [0.5, 0.6) is 11.5 Å². The zero-order valence-corrected chi connectivity index (χ0v) is 11.0. The maximum Gasteiger partial charge on any atom is 0.248 e. The Bertz CT molecular complexity index is 712. The number of benzene rings is 2. The SMILES string of the molecule is O=C(/C=C/c1ccc2c(c1)OCO2)Nc1cccc(F)c1. The number of fused-ring (bicyclic) bond motifs is 1. The van der Waals surface area contributed by atoms with Crippen LogP contribution in [0, 0.1) is 5.82 Å². The smallest absolute Gasteiger partial charge is 0.248 e. The first-order chi connectivity index (χ1) is 10.2. The second kappa shape index (κ2) is 5.66. The molecule has 2 aromatic carbocycles. The highest BCUT2D eigenvalue weighted by molar-refractivity contribution is 6.01. The molecular formula is C16H12FNO3. The van der Waals surface area contributed by atoms with Crippen molar-refractivity contribution in [3.63, 3.8) is 0 Å². The monoisotopic (exact) mass is 285 g/mol. The van der Waals surface area contributed by atoms with Crippen molar-refractivity contribution < 1.29 is 18.7 Å². The standard InChI is InChI=1S/C16H12FNO3/c17-12-2-1-3-13(9-12)18-16(19)7-5-11-4-6-14-15(8-11)21-10-20-14/h1-9H,10H2,(H,18,19)/b7-5+. The van der Waals surface area contributed by atoms with Gasteiger partial charge in [-0.3, -0.25) is 4.79 Å². The number of nitrogens with one attached hydrogen (secondary N) is 1. The molecule has 0 atom stereocenters. The molecule has 0 saturated heterocycles. The van der Waals surface area contributed by atoms with Gasteiger partial charge in [-0.1, -0.05) is 12.1 Å². The molecule has 0 fully saturated rings. The van der Waals surface area contributed by atoms with E-state index in [9.17, 15) is 9.18 Å². The van der Waals surface area contributed by atoms with Gasteiger partial charge >= 0.3 is 0 Å². The van der Waals surface area contributed by atoms with Crippen LogP contribution in [-0.2, 0) is 4.79 Å². The normalized spacial score (nSPS) is 12.6. The van der Waals surface area contributed by atoms with Crippen molar-refractivity contribution in [2.24, 2.45) is 0 Å². The molecule has 106 valence electrons. The van der Waals surface area contributed by atoms with E-state index in [0.29, 0.717) is 17.2 Å². The largest absolute Gasteiger partial charge is 0.454 e. The minimum Gasteiger partial charge on any atom is -0.454 e. The molecule has 3 rings (SSSR count). The predicted octanol–water partition coefficient (Wildman–Crippen LogP) is 3.21. The molecule has 2 aromatic rings. The quantitative estimate of drug-likeness (QED) is 0.881. The number of carbonyl (C=O) groups is 1. The molecule has 0 unspecified atom stereocenters. The molecule has 5 heteroatoms. The Morgan fingerprint density at radius 3 is 2.86 bits per heavy atom. The molecule has 0 aromatic heterocycles. The molecule has 1 aliphatic rings. The summed E-state index contributed by atoms with van der Waals surface area (Å²) in [5, 5.41) is 2.58. The third-order valence-electron chi connectivity index (χ3n) is 2.92. The summed E-state index contributed by atoms with van der Waals surface area (Å²) >= 11 is 0. The molecule has 0 bridgehead atoms. The van der Waals surface area contributed by atoms with Gasteiger partial charge < -0.3 is 14.8 Å². The molecule has 0 saturated carbocycles. The summed E-state index contributed by atoms with van der Waals surface area (Å²) in [5.41, 5.74) is 1.23. The number of halogens is 1. The van der Waals surface area contributed by atoms with Gasteiger partial charge in [0.1, 0.15) is 5.82 Å². The third kappa shape index (κ3) is 3.20. The van der Waals surface area contributed by atoms with Crippen LogP contribution in [0.15, 0.2) is 48.5 Å². The number of rotatable bonds is 3. The summed E-state index contributed by atoms with van der Waals surface area (Å²) in [6.07, 6.45) is 3.03. The summed E-state index contributed by atoms with van der Waals surface area (Å²) in [5.74, 6) is 0.616. The Hall–Kier alpha value is -2.82. The zero-order valence-electron chi connectivity index (χ0n) is 11.0. The van der Waals surface area contributed by atoms with Gasteiger partial charge in [0.05, 0.1) is 0 Å². The Labute approximate surface area is 120 Å². The van der Waals surface area contributed by atoms with Crippen LogP contribution in [0.25, 0.3) is 6.08 Å². The Kier molecular flexibility index (Phi) is 3.55. The van der Waals surface area contributed by atoms with Gasteiger partial charge in [0.15, 0.2) is 11.5 Å². The van der Waals surface area contributed by atoms with E-state index in [1.54, 1.807) is 24.3 Å². The summed E-state index contributed by atoms with van der Waals surface area (Å²) in [4.78, 5) is 11.8. The molecule has 0 radical (unpaired) electrons. The Balaban J connectivity index is 1.67. The van der Waals surface area contributed by atoms with Crippen LogP contribution in [0.2, 0.25) is 0 Å². The molecule has 0 aliphatic carbocycles. The van der Waals surface area contributed by atoms with Crippen molar-refractivity contribution in [3.8, 4) is 11.5 Å². The van der Waals surface area contributed by atoms with Crippen molar-refractivity contribution in [3.05, 3.63) is 59.9 Å². The van der Waals surface area contributed by atoms with Gasteiger partial charge in [-0.2, -0.15) is 0 Å². The van der Waals surface area contributed by atoms with Gasteiger partial charge in [-0.15, -0.1) is 0 Å². The van der Waals surface area contributed by atoms with Gasteiger partial charge in [-0.25, -0.2) is 4.39 Å². The van der Waals surface area contributed by atoms with Crippen LogP contribution in [-0.4, -0.2) is 12.7 Å². The highest BCUT2D eigenvalue weighted by Crippen LogP contribution is 2.32. The number of hydrogen-bond donors (Lipinski definition) is 1. The first kappa shape index (κ1) is 13.2. The van der Waals surface area contributed by atoms with Crippen molar-refractivity contribution in [1.82, 2.24) is 0 Å². The fourth-order valence-corrected chi connectivity index (χ4v) is 1.94. The molecule has 0 spiro atoms. The van der Waals surface area contributed by atoms with Gasteiger partial charge in [0.2, 0.25) is 12.7 Å². The maximum atomic E-state index is 13.0. The van der Waals surface area contributed by atoms with E-state index in [4.69, 9.17) is 9.47 Å². The van der Waals surface area contributed by atoms with Crippen LogP contribution in [0.1, 0.15) is 5.56 Å². The third-order valence-corrected chi connectivity index (χ3v) is 2.92. The van der Waals surface area contributed by atoms with Crippen LogP contribution in [0.3, 0.4) is 0 Å². The lowest BCUT2D eigenvalue weighted by molar-refractivity contribution is -0.111. The summed E-state index contributed by atoms with van der Waals surface area (Å²) in [6, 6.07) is 11.1. The second-order valence-electron chi connectivity index (χ2n) is 4.45. The van der Waals surface area contributed by atoms with E-state index in [2.05, 4.69) is 5.32 Å². The number of carbonyl (C=O) groups excluding carboxylic acids is 1. The van der Waals surface area contributed by atoms with E-state index in [1.807, 2.05) is 6.07 Å². The zero-order chi connectivity index (χ0) is 14.7. The van der Waals surface area contributed by atoms with Gasteiger partial charge in [-0.05, 0) is 42.0 Å². The predicted molar refractivity (Wildman–Crippen MR) is 76.6 cm³/mol. The molecule has 1 aliphatic heterocycles. The van der Waals surface area contributed by atoms with E-state index in [0.717, 1.165) is 5.56 Å². The average Bonchev–Trinajstić information content (AvgIpc) is 2.92. The average molecular weight is 285 g/mol. The first-order valence-electron chi connectivity index (χ1n) is 6.35. The van der Waals surface area contributed by atoms with Crippen molar-refractivity contribution in [1.29, 1.82) is 0 Å². The van der Waals surface area contributed by atoms with E-state index in [1.165, 1.54) is 24.3 Å². The Morgan fingerprint density at radius 1 is 1.14 bits per heavy atom. The van der Waals surface area contributed by atoms with Crippen LogP contribution >= 0.6 is 0 Å². The highest BCUT2D eigenvalue weighted by atomic mass is 19.1. The number of ether oxygens (including phenoxy) is 2. The molecule has 4 nitrogen and oxygen atoms in total. The Morgan fingerprint density at radius 2 is 2.00 bits per heavy atom. The number of amides is 1. The molecule has 1 heterocycles. The van der Waals surface area contributed by atoms with E-state index >= 15 is 0 Å².